The molecule has 0 unspecified atom stereocenters. The molecule has 0 bridgehead atoms. The first kappa shape index (κ1) is 28.5. The van der Waals surface area contributed by atoms with Gasteiger partial charge < -0.3 is 4.74 Å². The Morgan fingerprint density at radius 3 is 2.21 bits per heavy atom. The van der Waals surface area contributed by atoms with Gasteiger partial charge in [-0.2, -0.15) is 5.10 Å². The number of hydrogen-bond acceptors (Lipinski definition) is 4. The van der Waals surface area contributed by atoms with Crippen LogP contribution in [0.5, 0.6) is 11.5 Å². The lowest BCUT2D eigenvalue weighted by molar-refractivity contribution is 0.483. The Bertz CT molecular complexity index is 2420. The highest BCUT2D eigenvalue weighted by molar-refractivity contribution is 6.09. The summed E-state index contributed by atoms with van der Waals surface area (Å²) in [5.74, 6) is 2.34. The van der Waals surface area contributed by atoms with Crippen LogP contribution in [-0.2, 0) is 0 Å². The summed E-state index contributed by atoms with van der Waals surface area (Å²) in [6.45, 7) is 8.49. The third-order valence-electron chi connectivity index (χ3n) is 8.80. The monoisotopic (exact) mass is 611 g/mol. The van der Waals surface area contributed by atoms with E-state index in [1.165, 1.54) is 22.1 Å². The summed E-state index contributed by atoms with van der Waals surface area (Å²) in [6, 6.07) is 37.4. The minimum absolute atomic E-state index is 0.720. The highest BCUT2D eigenvalue weighted by Crippen LogP contribution is 2.40. The number of aromatic nitrogens is 5. The van der Waals surface area contributed by atoms with Crippen molar-refractivity contribution in [3.8, 4) is 45.4 Å². The van der Waals surface area contributed by atoms with Crippen molar-refractivity contribution in [2.75, 3.05) is 0 Å². The maximum absolute atomic E-state index is 6.58. The second-order valence-electron chi connectivity index (χ2n) is 12.1. The molecule has 0 spiro atoms. The average molecular weight is 612 g/mol. The summed E-state index contributed by atoms with van der Waals surface area (Å²) < 4.78 is 10.8. The van der Waals surface area contributed by atoms with Crippen LogP contribution in [0.3, 0.4) is 0 Å². The second kappa shape index (κ2) is 11.4. The third-order valence-corrected chi connectivity index (χ3v) is 8.80. The summed E-state index contributed by atoms with van der Waals surface area (Å²) >= 11 is 0. The highest BCUT2D eigenvalue weighted by Gasteiger charge is 2.23. The van der Waals surface area contributed by atoms with E-state index < -0.39 is 0 Å². The Morgan fingerprint density at radius 2 is 1.40 bits per heavy atom. The van der Waals surface area contributed by atoms with Gasteiger partial charge in [-0.1, -0.05) is 42.5 Å². The van der Waals surface area contributed by atoms with Crippen LogP contribution in [0.25, 0.3) is 55.7 Å². The van der Waals surface area contributed by atoms with E-state index in [1.807, 2.05) is 53.5 Å². The van der Waals surface area contributed by atoms with Crippen molar-refractivity contribution >= 4 is 21.8 Å². The molecule has 228 valence electrons. The quantitative estimate of drug-likeness (QED) is 0.188. The number of benzene rings is 4. The van der Waals surface area contributed by atoms with Crippen LogP contribution in [0.1, 0.15) is 22.4 Å². The van der Waals surface area contributed by atoms with Gasteiger partial charge in [0.1, 0.15) is 17.3 Å². The molecule has 8 rings (SSSR count). The predicted octanol–water partition coefficient (Wildman–Crippen LogP) is 10.1. The molecule has 4 heterocycles. The van der Waals surface area contributed by atoms with Gasteiger partial charge in [0.25, 0.3) is 0 Å². The molecule has 4 aromatic heterocycles. The van der Waals surface area contributed by atoms with Crippen LogP contribution in [-0.4, -0.2) is 24.3 Å². The van der Waals surface area contributed by atoms with Gasteiger partial charge in [0.05, 0.1) is 28.1 Å². The normalized spacial score (nSPS) is 11.4. The Kier molecular flexibility index (Phi) is 6.91. The topological polar surface area (TPSA) is 57.8 Å². The zero-order chi connectivity index (χ0) is 32.1. The number of ether oxygens (including phenoxy) is 1. The van der Waals surface area contributed by atoms with Crippen molar-refractivity contribution in [1.29, 1.82) is 0 Å². The van der Waals surface area contributed by atoms with Crippen LogP contribution >= 0.6 is 0 Å². The van der Waals surface area contributed by atoms with Crippen molar-refractivity contribution in [3.63, 3.8) is 0 Å². The zero-order valence-electron chi connectivity index (χ0n) is 26.8. The van der Waals surface area contributed by atoms with Crippen LogP contribution in [0.4, 0.5) is 0 Å². The fourth-order valence-corrected chi connectivity index (χ4v) is 6.71. The van der Waals surface area contributed by atoms with Crippen molar-refractivity contribution in [2.45, 2.75) is 27.7 Å². The number of aryl methyl sites for hydroxylation is 4. The van der Waals surface area contributed by atoms with Crippen LogP contribution in [0, 0.1) is 27.7 Å². The molecule has 0 atom stereocenters. The van der Waals surface area contributed by atoms with E-state index in [4.69, 9.17) is 14.8 Å². The molecule has 6 nitrogen and oxygen atoms in total. The maximum atomic E-state index is 6.58. The van der Waals surface area contributed by atoms with E-state index in [9.17, 15) is 0 Å². The van der Waals surface area contributed by atoms with Crippen molar-refractivity contribution in [2.24, 2.45) is 0 Å². The average Bonchev–Trinajstić information content (AvgIpc) is 3.59. The minimum Gasteiger partial charge on any atom is -0.457 e. The van der Waals surface area contributed by atoms with Gasteiger partial charge in [-0.3, -0.25) is 9.55 Å². The maximum Gasteiger partial charge on any atom is 0.137 e. The van der Waals surface area contributed by atoms with Gasteiger partial charge in [-0.15, -0.1) is 0 Å². The molecule has 47 heavy (non-hydrogen) atoms. The highest BCUT2D eigenvalue weighted by atomic mass is 16.5. The fourth-order valence-electron chi connectivity index (χ4n) is 6.71. The third kappa shape index (κ3) is 4.95. The van der Waals surface area contributed by atoms with Crippen LogP contribution < -0.4 is 4.74 Å². The SMILES string of the molecule is Cc1ccnc(-n2c3ccccc3c3ccc(Oc4cccc(-n5nc(C)c(-c6c(C)cccc6C)c5-c5cccnc5)c4)cc32)c1. The molecule has 0 N–H and O–H groups in total. The van der Waals surface area contributed by atoms with E-state index in [2.05, 4.69) is 110 Å². The number of hydrogen-bond donors (Lipinski definition) is 0. The van der Waals surface area contributed by atoms with Gasteiger partial charge >= 0.3 is 0 Å². The van der Waals surface area contributed by atoms with Gasteiger partial charge in [0.15, 0.2) is 0 Å². The van der Waals surface area contributed by atoms with E-state index >= 15 is 0 Å². The number of fused-ring (bicyclic) bond motifs is 3. The van der Waals surface area contributed by atoms with E-state index in [1.54, 1.807) is 6.20 Å². The first-order valence-electron chi connectivity index (χ1n) is 15.8. The summed E-state index contributed by atoms with van der Waals surface area (Å²) in [5, 5.41) is 7.43. The molecular formula is C41H33N5O. The lowest BCUT2D eigenvalue weighted by Gasteiger charge is -2.14. The minimum atomic E-state index is 0.720. The smallest absolute Gasteiger partial charge is 0.137 e. The molecule has 8 aromatic rings. The first-order chi connectivity index (χ1) is 23.0. The van der Waals surface area contributed by atoms with Gasteiger partial charge in [0, 0.05) is 52.6 Å². The Labute approximate surface area is 273 Å². The molecule has 6 heteroatoms. The molecule has 0 aliphatic heterocycles. The fraction of sp³-hybridized carbons (Fsp3) is 0.0976. The summed E-state index contributed by atoms with van der Waals surface area (Å²) in [5.41, 5.74) is 11.9. The standard InChI is InChI=1S/C41H33N5O/c1-26-19-21-43-38(22-26)45-36-16-6-5-15-34(36)35-18-17-33(24-37(35)45)47-32-14-8-13-31(23-32)46-41(30-12-9-20-42-25-30)40(29(4)44-46)39-27(2)10-7-11-28(39)3/h5-25H,1-4H3. The van der Waals surface area contributed by atoms with E-state index in [-0.39, 0.29) is 0 Å². The lowest BCUT2D eigenvalue weighted by atomic mass is 9.92. The Morgan fingerprint density at radius 1 is 0.617 bits per heavy atom. The van der Waals surface area contributed by atoms with Crippen molar-refractivity contribution < 1.29 is 4.74 Å². The van der Waals surface area contributed by atoms with Gasteiger partial charge in [-0.05, 0) is 105 Å². The Hall–Kier alpha value is -6.01. The number of pyridine rings is 2. The Balaban J connectivity index is 1.24. The molecule has 0 aliphatic carbocycles. The van der Waals surface area contributed by atoms with E-state index in [0.717, 1.165) is 67.5 Å². The lowest BCUT2D eigenvalue weighted by Crippen LogP contribution is -2.01. The zero-order valence-corrected chi connectivity index (χ0v) is 26.8. The summed E-state index contributed by atoms with van der Waals surface area (Å²) in [4.78, 5) is 9.18. The molecule has 0 aliphatic rings. The second-order valence-corrected chi connectivity index (χ2v) is 12.1. The van der Waals surface area contributed by atoms with E-state index in [0.29, 0.717) is 0 Å². The number of nitrogens with zero attached hydrogens (tertiary/aromatic N) is 5. The number of rotatable bonds is 6. The molecule has 0 radical (unpaired) electrons. The first-order valence-corrected chi connectivity index (χ1v) is 15.8. The molecule has 0 fully saturated rings. The largest absolute Gasteiger partial charge is 0.457 e. The van der Waals surface area contributed by atoms with Crippen molar-refractivity contribution in [3.05, 3.63) is 150 Å². The molecule has 0 saturated heterocycles. The summed E-state index contributed by atoms with van der Waals surface area (Å²) in [6.07, 6.45) is 5.57. The predicted molar refractivity (Wildman–Crippen MR) is 190 cm³/mol. The molecule has 4 aromatic carbocycles. The molecular weight excluding hydrogens is 578 g/mol. The van der Waals surface area contributed by atoms with Gasteiger partial charge in [-0.25, -0.2) is 9.67 Å². The van der Waals surface area contributed by atoms with Crippen LogP contribution in [0.15, 0.2) is 128 Å². The molecule has 0 amide bonds. The van der Waals surface area contributed by atoms with Gasteiger partial charge in [0.2, 0.25) is 0 Å². The summed E-state index contributed by atoms with van der Waals surface area (Å²) in [7, 11) is 0. The van der Waals surface area contributed by atoms with Crippen LogP contribution in [0.2, 0.25) is 0 Å². The van der Waals surface area contributed by atoms with Crippen molar-refractivity contribution in [1.82, 2.24) is 24.3 Å². The number of para-hydroxylation sites is 1. The molecule has 0 saturated carbocycles.